The van der Waals surface area contributed by atoms with Crippen molar-refractivity contribution >= 4 is 21.4 Å². The van der Waals surface area contributed by atoms with Gasteiger partial charge < -0.3 is 5.73 Å². The molecule has 0 bridgehead atoms. The predicted octanol–water partition coefficient (Wildman–Crippen LogP) is 2.72. The highest BCUT2D eigenvalue weighted by molar-refractivity contribution is 7.91. The van der Waals surface area contributed by atoms with E-state index in [0.29, 0.717) is 35.1 Å². The molecule has 0 aliphatic heterocycles. The minimum atomic E-state index is -3.42. The molecule has 0 atom stereocenters. The van der Waals surface area contributed by atoms with Crippen LogP contribution in [0, 0.1) is 24.7 Å². The van der Waals surface area contributed by atoms with Crippen molar-refractivity contribution in [1.29, 1.82) is 0 Å². The first-order valence-corrected chi connectivity index (χ1v) is 9.28. The molecule has 0 radical (unpaired) electrons. The normalized spacial score (nSPS) is 12.8. The summed E-state index contributed by atoms with van der Waals surface area (Å²) in [7, 11) is -3.42. The van der Waals surface area contributed by atoms with Gasteiger partial charge in [0.2, 0.25) is 10.0 Å². The Morgan fingerprint density at radius 1 is 1.25 bits per heavy atom. The van der Waals surface area contributed by atoms with Crippen molar-refractivity contribution in [2.75, 3.05) is 6.54 Å². The summed E-state index contributed by atoms with van der Waals surface area (Å²) >= 11 is 1.26. The molecule has 0 saturated heterocycles. The van der Waals surface area contributed by atoms with Gasteiger partial charge in [-0.25, -0.2) is 13.1 Å². The van der Waals surface area contributed by atoms with Crippen LogP contribution in [-0.2, 0) is 16.6 Å². The zero-order valence-electron chi connectivity index (χ0n) is 12.9. The molecular weight excluding hydrogens is 292 g/mol. The van der Waals surface area contributed by atoms with E-state index in [1.54, 1.807) is 6.07 Å². The second kappa shape index (κ2) is 7.02. The Morgan fingerprint density at radius 3 is 2.20 bits per heavy atom. The quantitative estimate of drug-likeness (QED) is 0.812. The number of hydrogen-bond acceptors (Lipinski definition) is 4. The summed E-state index contributed by atoms with van der Waals surface area (Å²) in [5, 5.41) is 0. The first-order valence-electron chi connectivity index (χ1n) is 6.98. The highest BCUT2D eigenvalue weighted by Gasteiger charge is 2.23. The van der Waals surface area contributed by atoms with Crippen LogP contribution in [0.2, 0.25) is 0 Å². The van der Waals surface area contributed by atoms with Crippen molar-refractivity contribution in [3.8, 4) is 0 Å². The van der Waals surface area contributed by atoms with Gasteiger partial charge in [-0.2, -0.15) is 0 Å². The Balaban J connectivity index is 2.84. The molecule has 1 rings (SSSR count). The van der Waals surface area contributed by atoms with Crippen LogP contribution in [0.25, 0.3) is 0 Å². The van der Waals surface area contributed by atoms with E-state index in [1.165, 1.54) is 11.3 Å². The van der Waals surface area contributed by atoms with E-state index < -0.39 is 10.0 Å². The molecule has 0 saturated carbocycles. The SMILES string of the molecule is Cc1cc(S(=O)(=O)NCC(C(C)C)C(C)C)sc1CN. The van der Waals surface area contributed by atoms with E-state index in [-0.39, 0.29) is 0 Å². The molecule has 0 amide bonds. The lowest BCUT2D eigenvalue weighted by atomic mass is 9.86. The summed E-state index contributed by atoms with van der Waals surface area (Å²) in [4.78, 5) is 0.926. The maximum atomic E-state index is 12.3. The van der Waals surface area contributed by atoms with E-state index in [1.807, 2.05) is 6.92 Å². The third-order valence-electron chi connectivity index (χ3n) is 3.67. The molecular formula is C14H26N2O2S2. The summed E-state index contributed by atoms with van der Waals surface area (Å²) in [6, 6.07) is 1.70. The number of nitrogens with two attached hydrogens (primary N) is 1. The lowest BCUT2D eigenvalue weighted by Crippen LogP contribution is -2.33. The topological polar surface area (TPSA) is 72.2 Å². The van der Waals surface area contributed by atoms with Crippen LogP contribution in [0.3, 0.4) is 0 Å². The Morgan fingerprint density at radius 2 is 1.80 bits per heavy atom. The van der Waals surface area contributed by atoms with Crippen molar-refractivity contribution in [1.82, 2.24) is 4.72 Å². The molecule has 0 aliphatic rings. The van der Waals surface area contributed by atoms with E-state index in [9.17, 15) is 8.42 Å². The van der Waals surface area contributed by atoms with Crippen LogP contribution in [0.15, 0.2) is 10.3 Å². The van der Waals surface area contributed by atoms with Gasteiger partial charge in [0, 0.05) is 18.0 Å². The van der Waals surface area contributed by atoms with Crippen LogP contribution in [0.4, 0.5) is 0 Å². The van der Waals surface area contributed by atoms with Crippen molar-refractivity contribution in [3.63, 3.8) is 0 Å². The largest absolute Gasteiger partial charge is 0.326 e. The molecule has 4 nitrogen and oxygen atoms in total. The molecule has 1 heterocycles. The molecule has 6 heteroatoms. The monoisotopic (exact) mass is 318 g/mol. The molecule has 0 spiro atoms. The zero-order chi connectivity index (χ0) is 15.5. The Labute approximate surface area is 126 Å². The Hall–Kier alpha value is -0.430. The maximum Gasteiger partial charge on any atom is 0.250 e. The molecule has 1 aromatic heterocycles. The minimum Gasteiger partial charge on any atom is -0.326 e. The van der Waals surface area contributed by atoms with Crippen LogP contribution in [0.1, 0.15) is 38.1 Å². The van der Waals surface area contributed by atoms with Gasteiger partial charge in [0.05, 0.1) is 0 Å². The fourth-order valence-electron chi connectivity index (χ4n) is 2.34. The smallest absolute Gasteiger partial charge is 0.250 e. The highest BCUT2D eigenvalue weighted by Crippen LogP contribution is 2.26. The van der Waals surface area contributed by atoms with Crippen LogP contribution < -0.4 is 10.5 Å². The van der Waals surface area contributed by atoms with Crippen molar-refractivity contribution in [3.05, 3.63) is 16.5 Å². The van der Waals surface area contributed by atoms with E-state index in [2.05, 4.69) is 32.4 Å². The van der Waals surface area contributed by atoms with E-state index >= 15 is 0 Å². The van der Waals surface area contributed by atoms with Crippen LogP contribution in [-0.4, -0.2) is 15.0 Å². The minimum absolute atomic E-state index is 0.333. The summed E-state index contributed by atoms with van der Waals surface area (Å²) in [6.07, 6.45) is 0. The molecule has 0 aliphatic carbocycles. The Bertz CT molecular complexity index is 525. The average Bonchev–Trinajstić information content (AvgIpc) is 2.70. The van der Waals surface area contributed by atoms with Gasteiger partial charge in [-0.05, 0) is 36.3 Å². The molecule has 0 aromatic carbocycles. The van der Waals surface area contributed by atoms with Gasteiger partial charge in [0.1, 0.15) is 4.21 Å². The van der Waals surface area contributed by atoms with Gasteiger partial charge in [0.15, 0.2) is 0 Å². The van der Waals surface area contributed by atoms with Crippen LogP contribution >= 0.6 is 11.3 Å². The summed E-state index contributed by atoms with van der Waals surface area (Å²) in [5.74, 6) is 1.23. The highest BCUT2D eigenvalue weighted by atomic mass is 32.2. The van der Waals surface area contributed by atoms with Gasteiger partial charge >= 0.3 is 0 Å². The fourth-order valence-corrected chi connectivity index (χ4v) is 4.93. The number of nitrogens with one attached hydrogen (secondary N) is 1. The zero-order valence-corrected chi connectivity index (χ0v) is 14.6. The second-order valence-electron chi connectivity index (χ2n) is 5.88. The third-order valence-corrected chi connectivity index (χ3v) is 6.83. The van der Waals surface area contributed by atoms with Crippen molar-refractivity contribution in [2.24, 2.45) is 23.5 Å². The predicted molar refractivity (Wildman–Crippen MR) is 85.3 cm³/mol. The number of sulfonamides is 1. The standard InChI is InChI=1S/C14H26N2O2S2/c1-9(2)12(10(3)4)8-16-20(17,18)14-6-11(5)13(7-15)19-14/h6,9-10,12,16H,7-8,15H2,1-5H3. The number of aryl methyl sites for hydroxylation is 1. The molecule has 1 aromatic rings. The van der Waals surface area contributed by atoms with E-state index in [4.69, 9.17) is 5.73 Å². The van der Waals surface area contributed by atoms with Gasteiger partial charge in [-0.3, -0.25) is 0 Å². The van der Waals surface area contributed by atoms with Crippen molar-refractivity contribution in [2.45, 2.75) is 45.4 Å². The third kappa shape index (κ3) is 4.28. The first kappa shape index (κ1) is 17.6. The summed E-state index contributed by atoms with van der Waals surface area (Å²) in [6.45, 7) is 11.3. The maximum absolute atomic E-state index is 12.3. The van der Waals surface area contributed by atoms with E-state index in [0.717, 1.165) is 10.4 Å². The van der Waals surface area contributed by atoms with Gasteiger partial charge in [-0.1, -0.05) is 27.7 Å². The molecule has 0 unspecified atom stereocenters. The number of rotatable bonds is 7. The Kier molecular flexibility index (Phi) is 6.19. The number of hydrogen-bond donors (Lipinski definition) is 2. The van der Waals surface area contributed by atoms with Gasteiger partial charge in [-0.15, -0.1) is 11.3 Å². The summed E-state index contributed by atoms with van der Waals surface area (Å²) in [5.41, 5.74) is 6.55. The molecule has 3 N–H and O–H groups in total. The molecule has 0 fully saturated rings. The van der Waals surface area contributed by atoms with Crippen LogP contribution in [0.5, 0.6) is 0 Å². The van der Waals surface area contributed by atoms with Crippen molar-refractivity contribution < 1.29 is 8.42 Å². The molecule has 20 heavy (non-hydrogen) atoms. The fraction of sp³-hybridized carbons (Fsp3) is 0.714. The number of thiophene rings is 1. The lowest BCUT2D eigenvalue weighted by Gasteiger charge is -2.24. The molecule has 116 valence electrons. The second-order valence-corrected chi connectivity index (χ2v) is 9.01. The van der Waals surface area contributed by atoms with Gasteiger partial charge in [0.25, 0.3) is 0 Å². The first-order chi connectivity index (χ1) is 9.19. The summed E-state index contributed by atoms with van der Waals surface area (Å²) < 4.78 is 27.8. The lowest BCUT2D eigenvalue weighted by molar-refractivity contribution is 0.289. The average molecular weight is 319 g/mol.